The van der Waals surface area contributed by atoms with Gasteiger partial charge in [0, 0.05) is 41.8 Å². The van der Waals surface area contributed by atoms with Gasteiger partial charge in [0.25, 0.3) is 0 Å². The van der Waals surface area contributed by atoms with Crippen molar-refractivity contribution in [1.29, 1.82) is 0 Å². The zero-order chi connectivity index (χ0) is 99.1. The minimum absolute atomic E-state index is 0.0865. The summed E-state index contributed by atoms with van der Waals surface area (Å²) in [5.74, 6) is -1.86. The van der Waals surface area contributed by atoms with E-state index in [1.54, 1.807) is 72.2 Å². The number of carbonyl (C=O) groups excluding carboxylic acids is 4. The lowest BCUT2D eigenvalue weighted by Crippen LogP contribution is -2.35. The highest BCUT2D eigenvalue weighted by molar-refractivity contribution is 5.76. The number of carbonyl (C=O) groups is 8. The quantitative estimate of drug-likeness (QED) is 0.0135. The zero-order valence-corrected chi connectivity index (χ0v) is 80.0. The summed E-state index contributed by atoms with van der Waals surface area (Å²) in [4.78, 5) is 113. The van der Waals surface area contributed by atoms with Crippen LogP contribution in [0.1, 0.15) is 191 Å². The van der Waals surface area contributed by atoms with Crippen LogP contribution in [0.15, 0.2) is 140 Å². The molecule has 5 aliphatic carbocycles. The summed E-state index contributed by atoms with van der Waals surface area (Å²) in [6.07, 6.45) is 13.8. The molecule has 5 saturated carbocycles. The van der Waals surface area contributed by atoms with Crippen molar-refractivity contribution in [2.24, 2.45) is 57.8 Å². The number of carboxylic acids is 4. The van der Waals surface area contributed by atoms with E-state index < -0.39 is 42.0 Å². The van der Waals surface area contributed by atoms with E-state index in [1.807, 2.05) is 142 Å². The summed E-state index contributed by atoms with van der Waals surface area (Å²) in [6, 6.07) is 42.8. The number of aryl methyl sites for hydroxylation is 7. The van der Waals surface area contributed by atoms with Crippen molar-refractivity contribution in [3.8, 4) is 68.5 Å². The number of aromatic nitrogens is 16. The Kier molecular flexibility index (Phi) is 37.0. The van der Waals surface area contributed by atoms with Crippen LogP contribution < -0.4 is 40.2 Å². The zero-order valence-electron chi connectivity index (χ0n) is 80.0. The van der Waals surface area contributed by atoms with Crippen molar-refractivity contribution in [3.63, 3.8) is 0 Å². The first kappa shape index (κ1) is 103. The molecule has 8 heterocycles. The second kappa shape index (κ2) is 50.5. The first-order chi connectivity index (χ1) is 67.7. The third-order valence-corrected chi connectivity index (χ3v) is 25.3. The number of amides is 4. The maximum absolute atomic E-state index is 12.3. The summed E-state index contributed by atoms with van der Waals surface area (Å²) in [6.45, 7) is 7.70. The smallest absolute Gasteiger partial charge is 0.407 e. The van der Waals surface area contributed by atoms with Gasteiger partial charge < -0.3 is 79.6 Å². The number of benzene rings is 3. The Morgan fingerprint density at radius 3 is 1.06 bits per heavy atom. The Hall–Kier alpha value is -14.9. The van der Waals surface area contributed by atoms with E-state index >= 15 is 0 Å². The lowest BCUT2D eigenvalue weighted by atomic mass is 9.86. The van der Waals surface area contributed by atoms with Crippen LogP contribution in [0.2, 0.25) is 0 Å². The van der Waals surface area contributed by atoms with Crippen LogP contribution in [-0.4, -0.2) is 187 Å². The molecule has 16 rings (SSSR count). The van der Waals surface area contributed by atoms with Crippen molar-refractivity contribution in [2.75, 3.05) is 13.7 Å². The Labute approximate surface area is 809 Å². The average Bonchev–Trinajstić information content (AvgIpc) is 1.62. The van der Waals surface area contributed by atoms with E-state index in [0.717, 1.165) is 92.3 Å². The lowest BCUT2D eigenvalue weighted by molar-refractivity contribution is -0.145. The predicted molar refractivity (Wildman–Crippen MR) is 507 cm³/mol. The number of hydrogen-bond donors (Lipinski definition) is 8. The Morgan fingerprint density at radius 1 is 0.364 bits per heavy atom. The molecule has 11 aromatic rings. The Morgan fingerprint density at radius 2 is 0.693 bits per heavy atom. The normalized spacial score (nSPS) is 18.2. The summed E-state index contributed by atoms with van der Waals surface area (Å²) >= 11 is 0. The number of ether oxygens (including phenoxy) is 8. The van der Waals surface area contributed by atoms with E-state index in [2.05, 4.69) is 72.5 Å². The number of alkyl carbamates (subject to hydrolysis) is 2. The molecule has 5 fully saturated rings. The number of nitrogens with one attached hydrogen (secondary N) is 4. The number of nitrogens with zero attached hydrogens (tertiary/aromatic N) is 16. The van der Waals surface area contributed by atoms with E-state index in [9.17, 15) is 58.8 Å². The largest absolute Gasteiger partial charge is 0.489 e. The molecule has 40 nitrogen and oxygen atoms in total. The average molecular weight is 1920 g/mol. The van der Waals surface area contributed by atoms with Crippen LogP contribution >= 0.6 is 0 Å². The molecule has 8 aromatic heterocycles. The first-order valence-corrected chi connectivity index (χ1v) is 47.4. The van der Waals surface area contributed by atoms with Gasteiger partial charge in [-0.1, -0.05) is 125 Å². The minimum Gasteiger partial charge on any atom is -0.489 e. The van der Waals surface area contributed by atoms with Gasteiger partial charge in [-0.3, -0.25) is 28.7 Å². The molecule has 0 aliphatic heterocycles. The molecular formula is C100H122N20O20. The summed E-state index contributed by atoms with van der Waals surface area (Å²) in [5, 5.41) is 81.9. The third kappa shape index (κ3) is 29.1. The van der Waals surface area contributed by atoms with Gasteiger partial charge in [-0.2, -0.15) is 0 Å². The molecule has 0 unspecified atom stereocenters. The SMILES string of the molecule is CCc1nc(-c2nnn(C)c2CNC(=O)OCc2ccccc2)ccc1O[C@H]1CCC[C@H](C(=O)O)C1.COCc1nc(-c2nnn(C)c2CNC(=O)OCc2ccccc2)ccc1O[C@H]1CCC[C@H](C(=O)O)C1.Cc1nc(-c2nnn(C)c2CC(=O)OCC2CCC2)ccc1O[C@H]1CCC[C@H](C(=O)O)C1.Cc1nc(-c2nnn(C)c2CNC(=O)NCc2ccccc2)ccc1O[C@H]1CCC[C@H](C(=O)O)C1. The Bertz CT molecular complexity index is 6010. The number of methoxy groups -OCH3 is 1. The molecule has 742 valence electrons. The van der Waals surface area contributed by atoms with Gasteiger partial charge in [-0.15, -0.1) is 20.4 Å². The highest BCUT2D eigenvalue weighted by Crippen LogP contribution is 2.38. The van der Waals surface area contributed by atoms with Crippen LogP contribution in [0.5, 0.6) is 23.0 Å². The van der Waals surface area contributed by atoms with Crippen LogP contribution in [0.4, 0.5) is 14.4 Å². The van der Waals surface area contributed by atoms with Crippen LogP contribution in [0, 0.1) is 43.4 Å². The molecule has 8 N–H and O–H groups in total. The number of urea groups is 1. The number of rotatable bonds is 35. The van der Waals surface area contributed by atoms with Crippen LogP contribution in [-0.2, 0) is 130 Å². The molecule has 140 heavy (non-hydrogen) atoms. The second-order valence-electron chi connectivity index (χ2n) is 35.4. The fourth-order valence-electron chi connectivity index (χ4n) is 17.2. The van der Waals surface area contributed by atoms with Crippen molar-refractivity contribution < 1.29 is 96.7 Å². The molecule has 0 spiro atoms. The van der Waals surface area contributed by atoms with Crippen molar-refractivity contribution in [1.82, 2.24) is 101 Å². The van der Waals surface area contributed by atoms with Crippen molar-refractivity contribution >= 4 is 48.1 Å². The maximum Gasteiger partial charge on any atom is 0.407 e. The van der Waals surface area contributed by atoms with Gasteiger partial charge in [-0.25, -0.2) is 48.4 Å². The predicted octanol–water partition coefficient (Wildman–Crippen LogP) is 13.7. The number of carboxylic acid groups (broad SMARTS) is 4. The van der Waals surface area contributed by atoms with Gasteiger partial charge in [-0.05, 0) is 207 Å². The molecule has 4 amide bonds. The highest BCUT2D eigenvalue weighted by Gasteiger charge is 2.35. The molecule has 8 atom stereocenters. The van der Waals surface area contributed by atoms with Gasteiger partial charge in [0.2, 0.25) is 0 Å². The molecule has 5 aliphatic rings. The highest BCUT2D eigenvalue weighted by atomic mass is 16.6. The van der Waals surface area contributed by atoms with Gasteiger partial charge in [0.1, 0.15) is 64.7 Å². The molecule has 0 saturated heterocycles. The number of esters is 1. The third-order valence-electron chi connectivity index (χ3n) is 25.3. The summed E-state index contributed by atoms with van der Waals surface area (Å²) < 4.78 is 52.2. The van der Waals surface area contributed by atoms with E-state index in [1.165, 1.54) is 6.42 Å². The topological polar surface area (TPSA) is 514 Å². The van der Waals surface area contributed by atoms with E-state index in [-0.39, 0.29) is 100 Å². The maximum atomic E-state index is 12.3. The number of hydrogen-bond acceptors (Lipinski definition) is 28. The molecule has 3 aromatic carbocycles. The number of aliphatic carboxylic acids is 4. The lowest BCUT2D eigenvalue weighted by Gasteiger charge is -2.28. The Balaban J connectivity index is 0.000000157. The molecule has 40 heteroatoms. The standard InChI is InChI=1S/C26H31N5O6.C26H31N5O5.C25H30N6O4.C23H30N4O5/c1-31-22(14-27-26(34)36-15-17-7-4-3-5-8-17)24(29-30-31)20-11-12-23(21(28-20)16-35-2)37-19-10-6-9-18(13-19)25(32)33;1-3-20-23(36-19-11-7-10-18(14-19)25(32)33)13-12-21(28-20)24-22(31(2)30-29-24)15-27-26(34)35-16-17-8-5-4-6-9-17;1-16-22(35-19-10-6-9-18(13-19)24(32)33)12-11-20(28-16)23-21(31(2)30-29-23)15-27-25(34)26-14-17-7-4-3-5-8-17;1-14-20(32-17-8-4-7-16(11-17)23(29)30)10-9-18(24-14)22-19(27(2)26-25-22)12-21(28)31-13-15-5-3-6-15/h3-5,7-8,11-12,18-19H,6,9-10,13-16H2,1-2H3,(H,27,34)(H,32,33);4-6,8-9,12-13,18-19H,3,7,10-11,14-16H2,1-2H3,(H,27,34)(H,32,33);3-5,7-8,11-12,18-19H,6,9-10,13-15H2,1-2H3,(H,32,33)(H2,26,27,34);9-10,15-17H,3-8,11-13H2,1-2H3,(H,29,30)/t3*18-,19-;16-,17-/m0000/s1. The molecule has 0 bridgehead atoms. The van der Waals surface area contributed by atoms with E-state index in [0.29, 0.717) is 180 Å². The minimum atomic E-state index is -0.786. The van der Waals surface area contributed by atoms with E-state index in [4.69, 9.17) is 47.9 Å². The van der Waals surface area contributed by atoms with Crippen molar-refractivity contribution in [3.05, 3.63) is 202 Å². The summed E-state index contributed by atoms with van der Waals surface area (Å²) in [5.41, 5.74) is 12.8. The van der Waals surface area contributed by atoms with Crippen molar-refractivity contribution in [2.45, 2.75) is 226 Å². The summed E-state index contributed by atoms with van der Waals surface area (Å²) in [7, 11) is 8.57. The second-order valence-corrected chi connectivity index (χ2v) is 35.4. The van der Waals surface area contributed by atoms with Gasteiger partial charge in [0.15, 0.2) is 0 Å². The van der Waals surface area contributed by atoms with Crippen LogP contribution in [0.25, 0.3) is 45.6 Å². The fraction of sp³-hybridized carbons (Fsp3) is 0.460. The fourth-order valence-corrected chi connectivity index (χ4v) is 17.2. The van der Waals surface area contributed by atoms with Gasteiger partial charge >= 0.3 is 48.1 Å². The number of pyridine rings is 4. The molecular weight excluding hydrogens is 1800 g/mol. The molecule has 0 radical (unpaired) electrons. The van der Waals surface area contributed by atoms with Gasteiger partial charge in [0.05, 0.1) is 150 Å². The monoisotopic (exact) mass is 1920 g/mol. The first-order valence-electron chi connectivity index (χ1n) is 47.4. The van der Waals surface area contributed by atoms with Crippen LogP contribution in [0.3, 0.4) is 0 Å².